The lowest BCUT2D eigenvalue weighted by Crippen LogP contribution is -2.11. The van der Waals surface area contributed by atoms with Crippen molar-refractivity contribution in [2.45, 2.75) is 13.8 Å². The number of esters is 1. The number of nitrogens with one attached hydrogen (secondary N) is 1. The second kappa shape index (κ2) is 8.31. The fraction of sp³-hybridized carbons (Fsp3) is 0.143. The van der Waals surface area contributed by atoms with Gasteiger partial charge in [-0.1, -0.05) is 19.2 Å². The van der Waals surface area contributed by atoms with Gasteiger partial charge in [-0.3, -0.25) is 4.79 Å². The zero-order valence-corrected chi connectivity index (χ0v) is 15.4. The number of anilines is 1. The van der Waals surface area contributed by atoms with Gasteiger partial charge in [-0.25, -0.2) is 9.18 Å². The zero-order valence-electron chi connectivity index (χ0n) is 15.4. The van der Waals surface area contributed by atoms with Gasteiger partial charge < -0.3 is 14.8 Å². The summed E-state index contributed by atoms with van der Waals surface area (Å²) in [6.07, 6.45) is 0. The van der Waals surface area contributed by atoms with E-state index in [0.29, 0.717) is 28.1 Å². The van der Waals surface area contributed by atoms with E-state index in [0.717, 1.165) is 0 Å². The first-order valence-electron chi connectivity index (χ1n) is 8.05. The summed E-state index contributed by atoms with van der Waals surface area (Å²) in [5.41, 5.74) is 2.21. The van der Waals surface area contributed by atoms with Crippen molar-refractivity contribution >= 4 is 17.6 Å². The smallest absolute Gasteiger partial charge is 0.338 e. The molecule has 0 spiro atoms. The second-order valence-electron chi connectivity index (χ2n) is 5.96. The van der Waals surface area contributed by atoms with E-state index >= 15 is 0 Å². The summed E-state index contributed by atoms with van der Waals surface area (Å²) in [6, 6.07) is 9.21. The van der Waals surface area contributed by atoms with Gasteiger partial charge in [0, 0.05) is 28.5 Å². The molecule has 2 aromatic rings. The maximum Gasteiger partial charge on any atom is 0.338 e. The monoisotopic (exact) mass is 369 g/mol. The summed E-state index contributed by atoms with van der Waals surface area (Å²) in [6.45, 7) is 10.1. The summed E-state index contributed by atoms with van der Waals surface area (Å²) in [5, 5.41) is 2.69. The highest BCUT2D eigenvalue weighted by atomic mass is 19.1. The molecule has 0 aliphatic heterocycles. The van der Waals surface area contributed by atoms with Gasteiger partial charge in [0.05, 0.1) is 7.11 Å². The van der Waals surface area contributed by atoms with Gasteiger partial charge >= 0.3 is 5.97 Å². The van der Waals surface area contributed by atoms with Crippen molar-refractivity contribution in [2.75, 3.05) is 12.4 Å². The van der Waals surface area contributed by atoms with Crippen molar-refractivity contribution in [1.29, 1.82) is 0 Å². The molecule has 0 radical (unpaired) electrons. The molecule has 6 heteroatoms. The largest absolute Gasteiger partial charge is 0.496 e. The summed E-state index contributed by atoms with van der Waals surface area (Å²) < 4.78 is 24.6. The maximum absolute atomic E-state index is 14.3. The van der Waals surface area contributed by atoms with Gasteiger partial charge in [-0.05, 0) is 43.7 Å². The average Bonchev–Trinajstić information content (AvgIpc) is 2.62. The molecule has 1 amide bonds. The predicted octanol–water partition coefficient (Wildman–Crippen LogP) is 4.50. The minimum absolute atomic E-state index is 0.174. The van der Waals surface area contributed by atoms with Crippen LogP contribution >= 0.6 is 0 Å². The molecular formula is C21H20FNO4. The Balaban J connectivity index is 2.33. The number of hydrogen-bond donors (Lipinski definition) is 1. The van der Waals surface area contributed by atoms with Crippen molar-refractivity contribution in [3.63, 3.8) is 0 Å². The second-order valence-corrected chi connectivity index (χ2v) is 5.96. The van der Waals surface area contributed by atoms with E-state index in [2.05, 4.69) is 18.5 Å². The molecule has 0 heterocycles. The number of ether oxygens (including phenoxy) is 2. The minimum Gasteiger partial charge on any atom is -0.496 e. The number of benzene rings is 2. The van der Waals surface area contributed by atoms with Crippen molar-refractivity contribution < 1.29 is 23.5 Å². The number of halogens is 1. The Morgan fingerprint density at radius 2 is 1.70 bits per heavy atom. The Labute approximate surface area is 157 Å². The van der Waals surface area contributed by atoms with E-state index in [-0.39, 0.29) is 17.2 Å². The molecule has 0 aliphatic carbocycles. The first kappa shape index (κ1) is 19.9. The van der Waals surface area contributed by atoms with Gasteiger partial charge in [0.1, 0.15) is 5.75 Å². The van der Waals surface area contributed by atoms with Crippen LogP contribution in [-0.4, -0.2) is 19.0 Å². The standard InChI is InChI=1S/C21H20FNO4/c1-12(2)20(24)23-15-7-8-16(19(11-15)26-5)14-6-9-18(17(22)10-14)27-21(25)13(3)4/h6-11H,1,3H2,2,4-5H3,(H,23,24). The number of hydrogen-bond acceptors (Lipinski definition) is 4. The summed E-state index contributed by atoms with van der Waals surface area (Å²) >= 11 is 0. The molecule has 0 aliphatic rings. The third-order valence-electron chi connectivity index (χ3n) is 3.64. The highest BCUT2D eigenvalue weighted by Crippen LogP contribution is 2.34. The molecule has 0 atom stereocenters. The van der Waals surface area contributed by atoms with E-state index in [4.69, 9.17) is 9.47 Å². The Morgan fingerprint density at radius 1 is 1.00 bits per heavy atom. The van der Waals surface area contributed by atoms with E-state index in [9.17, 15) is 14.0 Å². The third kappa shape index (κ3) is 4.82. The Morgan fingerprint density at radius 3 is 2.26 bits per heavy atom. The number of amides is 1. The lowest BCUT2D eigenvalue weighted by atomic mass is 10.0. The first-order chi connectivity index (χ1) is 12.7. The zero-order chi connectivity index (χ0) is 20.1. The molecule has 2 rings (SSSR count). The van der Waals surface area contributed by atoms with Crippen LogP contribution in [0.15, 0.2) is 60.7 Å². The molecule has 0 fully saturated rings. The summed E-state index contributed by atoms with van der Waals surface area (Å²) in [7, 11) is 1.47. The molecule has 2 aromatic carbocycles. The minimum atomic E-state index is -0.697. The number of carbonyl (C=O) groups excluding carboxylic acids is 2. The van der Waals surface area contributed by atoms with Gasteiger partial charge in [-0.2, -0.15) is 0 Å². The average molecular weight is 369 g/mol. The quantitative estimate of drug-likeness (QED) is 0.463. The highest BCUT2D eigenvalue weighted by molar-refractivity contribution is 6.03. The molecule has 0 unspecified atom stereocenters. The van der Waals surface area contributed by atoms with Crippen molar-refractivity contribution in [3.05, 3.63) is 66.5 Å². The van der Waals surface area contributed by atoms with Crippen LogP contribution in [-0.2, 0) is 9.59 Å². The number of methoxy groups -OCH3 is 1. The molecule has 140 valence electrons. The van der Waals surface area contributed by atoms with Crippen LogP contribution in [0.5, 0.6) is 11.5 Å². The fourth-order valence-corrected chi connectivity index (χ4v) is 2.18. The lowest BCUT2D eigenvalue weighted by Gasteiger charge is -2.13. The van der Waals surface area contributed by atoms with Crippen molar-refractivity contribution in [2.24, 2.45) is 0 Å². The summed E-state index contributed by atoms with van der Waals surface area (Å²) in [4.78, 5) is 23.3. The van der Waals surface area contributed by atoms with E-state index < -0.39 is 11.8 Å². The van der Waals surface area contributed by atoms with Crippen LogP contribution in [0.25, 0.3) is 11.1 Å². The van der Waals surface area contributed by atoms with E-state index in [1.54, 1.807) is 31.2 Å². The molecule has 1 N–H and O–H groups in total. The normalized spacial score (nSPS) is 10.1. The van der Waals surface area contributed by atoms with Gasteiger partial charge in [0.2, 0.25) is 0 Å². The lowest BCUT2D eigenvalue weighted by molar-refractivity contribution is -0.130. The molecule has 0 aromatic heterocycles. The molecule has 0 saturated heterocycles. The maximum atomic E-state index is 14.3. The summed E-state index contributed by atoms with van der Waals surface area (Å²) in [5.74, 6) is -1.43. The highest BCUT2D eigenvalue weighted by Gasteiger charge is 2.14. The van der Waals surface area contributed by atoms with Crippen LogP contribution in [0, 0.1) is 5.82 Å². The molecular weight excluding hydrogens is 349 g/mol. The Kier molecular flexibility index (Phi) is 6.13. The Hall–Kier alpha value is -3.41. The number of rotatable bonds is 6. The third-order valence-corrected chi connectivity index (χ3v) is 3.64. The SMILES string of the molecule is C=C(C)C(=O)Nc1ccc(-c2ccc(OC(=O)C(=C)C)c(F)c2)c(OC)c1. The van der Waals surface area contributed by atoms with Gasteiger partial charge in [-0.15, -0.1) is 0 Å². The van der Waals surface area contributed by atoms with E-state index in [1.807, 2.05) is 0 Å². The fourth-order valence-electron chi connectivity index (χ4n) is 2.18. The molecule has 0 bridgehead atoms. The van der Waals surface area contributed by atoms with Crippen molar-refractivity contribution in [1.82, 2.24) is 0 Å². The van der Waals surface area contributed by atoms with E-state index in [1.165, 1.54) is 26.2 Å². The number of carbonyl (C=O) groups is 2. The molecule has 5 nitrogen and oxygen atoms in total. The van der Waals surface area contributed by atoms with Crippen LogP contribution in [0.2, 0.25) is 0 Å². The van der Waals surface area contributed by atoms with Crippen molar-refractivity contribution in [3.8, 4) is 22.6 Å². The van der Waals surface area contributed by atoms with Gasteiger partial charge in [0.25, 0.3) is 5.91 Å². The van der Waals surface area contributed by atoms with Crippen LogP contribution in [0.3, 0.4) is 0 Å². The topological polar surface area (TPSA) is 64.6 Å². The molecule has 0 saturated carbocycles. The molecule has 27 heavy (non-hydrogen) atoms. The van der Waals surface area contributed by atoms with Crippen LogP contribution in [0.1, 0.15) is 13.8 Å². The first-order valence-corrected chi connectivity index (χ1v) is 8.05. The van der Waals surface area contributed by atoms with Crippen LogP contribution in [0.4, 0.5) is 10.1 Å². The predicted molar refractivity (Wildman–Crippen MR) is 102 cm³/mol. The van der Waals surface area contributed by atoms with Crippen LogP contribution < -0.4 is 14.8 Å². The Bertz CT molecular complexity index is 934. The van der Waals surface area contributed by atoms with Gasteiger partial charge in [0.15, 0.2) is 11.6 Å².